The van der Waals surface area contributed by atoms with Crippen molar-refractivity contribution >= 4 is 11.6 Å². The Morgan fingerprint density at radius 2 is 1.62 bits per heavy atom. The van der Waals surface area contributed by atoms with E-state index in [1.54, 1.807) is 19.2 Å². The molecule has 3 aromatic rings. The number of hydrogen-bond donors (Lipinski definition) is 0. The van der Waals surface area contributed by atoms with Gasteiger partial charge in [0.15, 0.2) is 5.78 Å². The van der Waals surface area contributed by atoms with Crippen molar-refractivity contribution in [2.45, 2.75) is 19.8 Å². The highest BCUT2D eigenvalue weighted by molar-refractivity contribution is 6.11. The summed E-state index contributed by atoms with van der Waals surface area (Å²) in [6, 6.07) is 20.4. The van der Waals surface area contributed by atoms with Crippen molar-refractivity contribution < 1.29 is 19.1 Å². The lowest BCUT2D eigenvalue weighted by molar-refractivity contribution is -0.119. The van der Waals surface area contributed by atoms with E-state index in [9.17, 15) is 9.59 Å². The number of Topliss-reactive ketones (excluding diaryl/α,β-unsaturated/α-hetero) is 2. The van der Waals surface area contributed by atoms with Crippen LogP contribution < -0.4 is 9.47 Å². The standard InChI is InChI=1S/C25H22O4/c1-15-8-10-17(11-9-15)25(27)23(16(2)26)24-19-6-4-5-7-21(19)29-22-13-12-18(28-3)14-20(22)24/h4-14,23-24H,1-3H3/t23-,24-/m1/s1. The molecule has 3 aromatic carbocycles. The van der Waals surface area contributed by atoms with E-state index in [-0.39, 0.29) is 11.6 Å². The van der Waals surface area contributed by atoms with Gasteiger partial charge in [-0.3, -0.25) is 9.59 Å². The predicted octanol–water partition coefficient (Wildman–Crippen LogP) is 5.33. The van der Waals surface area contributed by atoms with Crippen molar-refractivity contribution in [3.8, 4) is 17.2 Å². The molecule has 0 amide bonds. The molecule has 1 aliphatic heterocycles. The number of carbonyl (C=O) groups excluding carboxylic acids is 2. The molecular weight excluding hydrogens is 364 g/mol. The Kier molecular flexibility index (Phi) is 4.93. The Balaban J connectivity index is 1.89. The molecule has 29 heavy (non-hydrogen) atoms. The van der Waals surface area contributed by atoms with Gasteiger partial charge in [-0.15, -0.1) is 0 Å². The molecule has 1 heterocycles. The molecule has 0 radical (unpaired) electrons. The van der Waals surface area contributed by atoms with E-state index in [1.807, 2.05) is 61.5 Å². The molecule has 1 aliphatic rings. The van der Waals surface area contributed by atoms with Crippen LogP contribution in [0.2, 0.25) is 0 Å². The summed E-state index contributed by atoms with van der Waals surface area (Å²) >= 11 is 0. The average molecular weight is 386 g/mol. The summed E-state index contributed by atoms with van der Waals surface area (Å²) < 4.78 is 11.4. The molecule has 4 rings (SSSR count). The Bertz CT molecular complexity index is 1080. The molecule has 0 saturated carbocycles. The lowest BCUT2D eigenvalue weighted by atomic mass is 9.73. The third kappa shape index (κ3) is 3.42. The largest absolute Gasteiger partial charge is 0.497 e. The maximum atomic E-state index is 13.5. The molecule has 0 aliphatic carbocycles. The minimum Gasteiger partial charge on any atom is -0.497 e. The summed E-state index contributed by atoms with van der Waals surface area (Å²) in [7, 11) is 1.59. The third-order valence-electron chi connectivity index (χ3n) is 5.42. The fraction of sp³-hybridized carbons (Fsp3) is 0.200. The van der Waals surface area contributed by atoms with Gasteiger partial charge >= 0.3 is 0 Å². The third-order valence-corrected chi connectivity index (χ3v) is 5.42. The minimum atomic E-state index is -0.853. The predicted molar refractivity (Wildman–Crippen MR) is 111 cm³/mol. The summed E-state index contributed by atoms with van der Waals surface area (Å²) in [6.45, 7) is 3.45. The normalized spacial score (nSPS) is 15.5. The number of para-hydroxylation sites is 1. The van der Waals surface area contributed by atoms with Crippen molar-refractivity contribution in [2.75, 3.05) is 7.11 Å². The Morgan fingerprint density at radius 1 is 0.931 bits per heavy atom. The SMILES string of the molecule is COc1ccc2c(c1)[C@H]([C@@H](C(C)=O)C(=O)c1ccc(C)cc1)c1ccccc1O2. The van der Waals surface area contributed by atoms with Crippen LogP contribution in [0.25, 0.3) is 0 Å². The van der Waals surface area contributed by atoms with Crippen LogP contribution >= 0.6 is 0 Å². The summed E-state index contributed by atoms with van der Waals surface area (Å²) in [6.07, 6.45) is 0. The number of methoxy groups -OCH3 is 1. The zero-order valence-corrected chi connectivity index (χ0v) is 16.6. The van der Waals surface area contributed by atoms with E-state index in [0.29, 0.717) is 22.8 Å². The Morgan fingerprint density at radius 3 is 2.31 bits per heavy atom. The first-order valence-corrected chi connectivity index (χ1v) is 9.55. The van der Waals surface area contributed by atoms with Gasteiger partial charge in [-0.1, -0.05) is 48.0 Å². The van der Waals surface area contributed by atoms with Crippen LogP contribution in [0, 0.1) is 12.8 Å². The molecular formula is C25H22O4. The number of carbonyl (C=O) groups is 2. The molecule has 0 spiro atoms. The van der Waals surface area contributed by atoms with Crippen LogP contribution in [-0.2, 0) is 4.79 Å². The number of fused-ring (bicyclic) bond motifs is 2. The van der Waals surface area contributed by atoms with Crippen molar-refractivity contribution in [3.63, 3.8) is 0 Å². The van der Waals surface area contributed by atoms with E-state index < -0.39 is 11.8 Å². The van der Waals surface area contributed by atoms with E-state index in [0.717, 1.165) is 16.7 Å². The second kappa shape index (κ2) is 7.55. The first-order chi connectivity index (χ1) is 14.0. The summed E-state index contributed by atoms with van der Waals surface area (Å²) in [4.78, 5) is 26.3. The smallest absolute Gasteiger partial charge is 0.174 e. The zero-order chi connectivity index (χ0) is 20.5. The molecule has 0 N–H and O–H groups in total. The number of ether oxygens (including phenoxy) is 2. The highest BCUT2D eigenvalue weighted by Gasteiger charge is 2.40. The van der Waals surface area contributed by atoms with E-state index in [1.165, 1.54) is 6.92 Å². The molecule has 2 atom stereocenters. The molecule has 0 unspecified atom stereocenters. The van der Waals surface area contributed by atoms with Crippen LogP contribution in [0.15, 0.2) is 66.7 Å². The first-order valence-electron chi connectivity index (χ1n) is 9.55. The second-order valence-corrected chi connectivity index (χ2v) is 7.34. The van der Waals surface area contributed by atoms with Crippen molar-refractivity contribution in [2.24, 2.45) is 5.92 Å². The van der Waals surface area contributed by atoms with Gasteiger partial charge in [-0.2, -0.15) is 0 Å². The van der Waals surface area contributed by atoms with Crippen LogP contribution in [-0.4, -0.2) is 18.7 Å². The quantitative estimate of drug-likeness (QED) is 0.439. The van der Waals surface area contributed by atoms with Gasteiger partial charge in [0.2, 0.25) is 0 Å². The van der Waals surface area contributed by atoms with Gasteiger partial charge < -0.3 is 9.47 Å². The topological polar surface area (TPSA) is 52.6 Å². The van der Waals surface area contributed by atoms with E-state index >= 15 is 0 Å². The van der Waals surface area contributed by atoms with Gasteiger partial charge in [-0.05, 0) is 38.1 Å². The number of ketones is 2. The number of aryl methyl sites for hydroxylation is 1. The zero-order valence-electron chi connectivity index (χ0n) is 16.6. The number of rotatable bonds is 5. The second-order valence-electron chi connectivity index (χ2n) is 7.34. The number of hydrogen-bond acceptors (Lipinski definition) is 4. The maximum Gasteiger partial charge on any atom is 0.174 e. The monoisotopic (exact) mass is 386 g/mol. The van der Waals surface area contributed by atoms with Crippen LogP contribution in [0.1, 0.15) is 39.9 Å². The van der Waals surface area contributed by atoms with Crippen LogP contribution in [0.3, 0.4) is 0 Å². The summed E-state index contributed by atoms with van der Waals surface area (Å²) in [5, 5.41) is 0. The fourth-order valence-corrected chi connectivity index (χ4v) is 3.93. The summed E-state index contributed by atoms with van der Waals surface area (Å²) in [5.41, 5.74) is 3.20. The van der Waals surface area contributed by atoms with Gasteiger partial charge in [0.25, 0.3) is 0 Å². The van der Waals surface area contributed by atoms with E-state index in [2.05, 4.69) is 0 Å². The van der Waals surface area contributed by atoms with Gasteiger partial charge in [0.1, 0.15) is 23.0 Å². The first kappa shape index (κ1) is 18.9. The molecule has 0 aromatic heterocycles. The van der Waals surface area contributed by atoms with Crippen LogP contribution in [0.4, 0.5) is 0 Å². The fourth-order valence-electron chi connectivity index (χ4n) is 3.93. The Hall–Kier alpha value is -3.40. The van der Waals surface area contributed by atoms with E-state index in [4.69, 9.17) is 9.47 Å². The molecule has 0 fully saturated rings. The highest BCUT2D eigenvalue weighted by Crippen LogP contribution is 2.49. The molecule has 146 valence electrons. The maximum absolute atomic E-state index is 13.5. The van der Waals surface area contributed by atoms with Crippen LogP contribution in [0.5, 0.6) is 17.2 Å². The number of benzene rings is 3. The molecule has 0 bridgehead atoms. The van der Waals surface area contributed by atoms with Gasteiger partial charge in [-0.25, -0.2) is 0 Å². The summed E-state index contributed by atoms with van der Waals surface area (Å²) in [5.74, 6) is 0.293. The average Bonchev–Trinajstić information content (AvgIpc) is 2.73. The lowest BCUT2D eigenvalue weighted by Gasteiger charge is -2.32. The minimum absolute atomic E-state index is 0.175. The molecule has 0 saturated heterocycles. The van der Waals surface area contributed by atoms with Gasteiger partial charge in [0.05, 0.1) is 13.0 Å². The Labute approximate surface area is 170 Å². The van der Waals surface area contributed by atoms with Crippen molar-refractivity contribution in [1.29, 1.82) is 0 Å². The van der Waals surface area contributed by atoms with Crippen molar-refractivity contribution in [1.82, 2.24) is 0 Å². The highest BCUT2D eigenvalue weighted by atomic mass is 16.5. The van der Waals surface area contributed by atoms with Gasteiger partial charge in [0, 0.05) is 22.6 Å². The lowest BCUT2D eigenvalue weighted by Crippen LogP contribution is -2.31. The molecule has 4 heteroatoms. The van der Waals surface area contributed by atoms with Crippen molar-refractivity contribution in [3.05, 3.63) is 89.0 Å². The molecule has 4 nitrogen and oxygen atoms in total.